The Morgan fingerprint density at radius 2 is 2.20 bits per heavy atom. The Labute approximate surface area is 96.7 Å². The Kier molecular flexibility index (Phi) is 7.38. The fourth-order valence-corrected chi connectivity index (χ4v) is 2.01. The van der Waals surface area contributed by atoms with Gasteiger partial charge in [-0.15, -0.1) is 0 Å². The van der Waals surface area contributed by atoms with Crippen LogP contribution in [0.25, 0.3) is 0 Å². The first-order valence-corrected chi connectivity index (χ1v) is 6.83. The van der Waals surface area contributed by atoms with Gasteiger partial charge in [-0.05, 0) is 37.4 Å². The van der Waals surface area contributed by atoms with Gasteiger partial charge in [0.05, 0.1) is 6.33 Å². The van der Waals surface area contributed by atoms with Crippen molar-refractivity contribution in [3.63, 3.8) is 0 Å². The van der Waals surface area contributed by atoms with Crippen molar-refractivity contribution < 1.29 is 0 Å². The van der Waals surface area contributed by atoms with E-state index in [0.717, 1.165) is 19.6 Å². The molecule has 1 heterocycles. The Morgan fingerprint density at radius 3 is 2.93 bits per heavy atom. The van der Waals surface area contributed by atoms with E-state index in [1.807, 2.05) is 30.5 Å². The third kappa shape index (κ3) is 6.57. The van der Waals surface area contributed by atoms with Crippen molar-refractivity contribution in [3.05, 3.63) is 18.7 Å². The molecule has 0 radical (unpaired) electrons. The molecule has 0 aliphatic rings. The highest BCUT2D eigenvalue weighted by molar-refractivity contribution is 7.99. The molecule has 15 heavy (non-hydrogen) atoms. The molecule has 0 atom stereocenters. The lowest BCUT2D eigenvalue weighted by Gasteiger charge is -2.04. The Bertz CT molecular complexity index is 224. The number of aromatic nitrogens is 2. The first-order chi connectivity index (χ1) is 7.43. The molecule has 0 saturated heterocycles. The molecule has 0 unspecified atom stereocenters. The maximum Gasteiger partial charge on any atom is 0.0945 e. The number of nitrogens with one attached hydrogen (secondary N) is 1. The van der Waals surface area contributed by atoms with Gasteiger partial charge in [0.25, 0.3) is 0 Å². The summed E-state index contributed by atoms with van der Waals surface area (Å²) in [5, 5.41) is 3.46. The molecule has 0 spiro atoms. The first-order valence-electron chi connectivity index (χ1n) is 5.67. The van der Waals surface area contributed by atoms with Crippen LogP contribution in [0, 0.1) is 0 Å². The molecular formula is C11H21N3S. The number of rotatable bonds is 9. The van der Waals surface area contributed by atoms with Crippen molar-refractivity contribution in [1.82, 2.24) is 14.9 Å². The summed E-state index contributed by atoms with van der Waals surface area (Å²) in [4.78, 5) is 4.01. The molecule has 4 heteroatoms. The maximum atomic E-state index is 4.01. The standard InChI is InChI=1S/C11H21N3S/c1-2-15-10-4-6-12-5-3-8-14-9-7-13-11-14/h7,9,11-12H,2-6,8,10H2,1H3. The zero-order valence-corrected chi connectivity index (χ0v) is 10.3. The summed E-state index contributed by atoms with van der Waals surface area (Å²) < 4.78 is 2.12. The van der Waals surface area contributed by atoms with E-state index in [4.69, 9.17) is 0 Å². The second-order valence-electron chi connectivity index (χ2n) is 3.45. The molecule has 86 valence electrons. The SMILES string of the molecule is CCSCCCNCCCn1ccnc1. The summed E-state index contributed by atoms with van der Waals surface area (Å²) in [6.45, 7) is 5.53. The molecular weight excluding hydrogens is 206 g/mol. The van der Waals surface area contributed by atoms with Crippen LogP contribution in [0.3, 0.4) is 0 Å². The van der Waals surface area contributed by atoms with Crippen LogP contribution in [0.5, 0.6) is 0 Å². The number of nitrogens with zero attached hydrogens (tertiary/aromatic N) is 2. The van der Waals surface area contributed by atoms with E-state index in [9.17, 15) is 0 Å². The molecule has 1 aromatic rings. The van der Waals surface area contributed by atoms with Gasteiger partial charge < -0.3 is 9.88 Å². The van der Waals surface area contributed by atoms with Gasteiger partial charge in [0, 0.05) is 18.9 Å². The zero-order chi connectivity index (χ0) is 10.8. The van der Waals surface area contributed by atoms with Crippen LogP contribution >= 0.6 is 11.8 Å². The molecule has 3 nitrogen and oxygen atoms in total. The highest BCUT2D eigenvalue weighted by Crippen LogP contribution is 1.99. The highest BCUT2D eigenvalue weighted by Gasteiger charge is 1.91. The molecule has 1 N–H and O–H groups in total. The van der Waals surface area contributed by atoms with Crippen molar-refractivity contribution in [1.29, 1.82) is 0 Å². The average Bonchev–Trinajstić information content (AvgIpc) is 2.75. The van der Waals surface area contributed by atoms with Crippen LogP contribution in [-0.2, 0) is 6.54 Å². The largest absolute Gasteiger partial charge is 0.337 e. The summed E-state index contributed by atoms with van der Waals surface area (Å²) in [6.07, 6.45) is 8.17. The van der Waals surface area contributed by atoms with Crippen LogP contribution in [0.1, 0.15) is 19.8 Å². The lowest BCUT2D eigenvalue weighted by molar-refractivity contribution is 0.579. The van der Waals surface area contributed by atoms with E-state index in [1.165, 1.54) is 24.3 Å². The van der Waals surface area contributed by atoms with E-state index in [1.54, 1.807) is 0 Å². The quantitative estimate of drug-likeness (QED) is 0.655. The summed E-state index contributed by atoms with van der Waals surface area (Å²) >= 11 is 2.02. The summed E-state index contributed by atoms with van der Waals surface area (Å²) in [5.41, 5.74) is 0. The molecule has 0 aromatic carbocycles. The minimum Gasteiger partial charge on any atom is -0.337 e. The number of hydrogen-bond acceptors (Lipinski definition) is 3. The number of aryl methyl sites for hydroxylation is 1. The summed E-state index contributed by atoms with van der Waals surface area (Å²) in [7, 11) is 0. The Hall–Kier alpha value is -0.480. The topological polar surface area (TPSA) is 29.9 Å². The highest BCUT2D eigenvalue weighted by atomic mass is 32.2. The second kappa shape index (κ2) is 8.80. The normalized spacial score (nSPS) is 10.7. The smallest absolute Gasteiger partial charge is 0.0945 e. The van der Waals surface area contributed by atoms with Crippen LogP contribution < -0.4 is 5.32 Å². The van der Waals surface area contributed by atoms with Gasteiger partial charge in [-0.2, -0.15) is 11.8 Å². The van der Waals surface area contributed by atoms with Gasteiger partial charge in [-0.3, -0.25) is 0 Å². The van der Waals surface area contributed by atoms with Crippen molar-refractivity contribution in [3.8, 4) is 0 Å². The van der Waals surface area contributed by atoms with Crippen molar-refractivity contribution in [2.24, 2.45) is 0 Å². The molecule has 0 aliphatic heterocycles. The lowest BCUT2D eigenvalue weighted by atomic mass is 10.4. The van der Waals surface area contributed by atoms with Gasteiger partial charge in [0.2, 0.25) is 0 Å². The molecule has 1 rings (SSSR count). The maximum absolute atomic E-state index is 4.01. The minimum absolute atomic E-state index is 1.07. The second-order valence-corrected chi connectivity index (χ2v) is 4.85. The molecule has 0 saturated carbocycles. The van der Waals surface area contributed by atoms with Crippen LogP contribution in [0.4, 0.5) is 0 Å². The number of thioether (sulfide) groups is 1. The fraction of sp³-hybridized carbons (Fsp3) is 0.727. The van der Waals surface area contributed by atoms with E-state index in [-0.39, 0.29) is 0 Å². The minimum atomic E-state index is 1.07. The fourth-order valence-electron chi connectivity index (χ4n) is 1.37. The van der Waals surface area contributed by atoms with Crippen LogP contribution in [-0.4, -0.2) is 34.1 Å². The summed E-state index contributed by atoms with van der Waals surface area (Å²) in [6, 6.07) is 0. The Balaban J connectivity index is 1.81. The van der Waals surface area contributed by atoms with Gasteiger partial charge >= 0.3 is 0 Å². The van der Waals surface area contributed by atoms with Gasteiger partial charge in [-0.25, -0.2) is 4.98 Å². The predicted molar refractivity (Wildman–Crippen MR) is 67.3 cm³/mol. The Morgan fingerprint density at radius 1 is 1.33 bits per heavy atom. The lowest BCUT2D eigenvalue weighted by Crippen LogP contribution is -2.18. The third-order valence-corrected chi connectivity index (χ3v) is 3.16. The number of hydrogen-bond donors (Lipinski definition) is 1. The summed E-state index contributed by atoms with van der Waals surface area (Å²) in [5.74, 6) is 2.52. The average molecular weight is 227 g/mol. The molecule has 0 aliphatic carbocycles. The van der Waals surface area contributed by atoms with E-state index in [0.29, 0.717) is 0 Å². The van der Waals surface area contributed by atoms with E-state index < -0.39 is 0 Å². The van der Waals surface area contributed by atoms with Gasteiger partial charge in [0.15, 0.2) is 0 Å². The van der Waals surface area contributed by atoms with Crippen molar-refractivity contribution >= 4 is 11.8 Å². The van der Waals surface area contributed by atoms with E-state index >= 15 is 0 Å². The number of imidazole rings is 1. The van der Waals surface area contributed by atoms with E-state index in [2.05, 4.69) is 21.8 Å². The van der Waals surface area contributed by atoms with Crippen molar-refractivity contribution in [2.75, 3.05) is 24.6 Å². The predicted octanol–water partition coefficient (Wildman–Crippen LogP) is 2.01. The van der Waals surface area contributed by atoms with Crippen LogP contribution in [0.2, 0.25) is 0 Å². The first kappa shape index (κ1) is 12.6. The molecule has 0 fully saturated rings. The monoisotopic (exact) mass is 227 g/mol. The van der Waals surface area contributed by atoms with Crippen LogP contribution in [0.15, 0.2) is 18.7 Å². The zero-order valence-electron chi connectivity index (χ0n) is 9.48. The molecule has 0 amide bonds. The van der Waals surface area contributed by atoms with Gasteiger partial charge in [0.1, 0.15) is 0 Å². The van der Waals surface area contributed by atoms with Gasteiger partial charge in [-0.1, -0.05) is 6.92 Å². The third-order valence-electron chi connectivity index (χ3n) is 2.18. The molecule has 0 bridgehead atoms. The van der Waals surface area contributed by atoms with Crippen molar-refractivity contribution in [2.45, 2.75) is 26.3 Å². The molecule has 1 aromatic heterocycles.